The van der Waals surface area contributed by atoms with Crippen LogP contribution >= 0.6 is 0 Å². The molecular weight excluding hydrogens is 538 g/mol. The van der Waals surface area contributed by atoms with E-state index in [4.69, 9.17) is 14.2 Å². The lowest BCUT2D eigenvalue weighted by atomic mass is 9.40. The number of hydrogen-bond acceptors (Lipinski definition) is 5. The third-order valence-corrected chi connectivity index (χ3v) is 15.0. The van der Waals surface area contributed by atoms with E-state index in [0.29, 0.717) is 24.2 Å². The lowest BCUT2D eigenvalue weighted by Gasteiger charge is -2.66. The van der Waals surface area contributed by atoms with Crippen molar-refractivity contribution < 1.29 is 24.4 Å². The minimum Gasteiger partial charge on any atom is -0.387 e. The van der Waals surface area contributed by atoms with Crippen LogP contribution in [-0.2, 0) is 26.0 Å². The lowest BCUT2D eigenvalue weighted by molar-refractivity contribution is -0.274. The molecule has 13 atom stereocenters. The predicted octanol–water partition coefficient (Wildman–Crippen LogP) is 5.90. The van der Waals surface area contributed by atoms with Crippen LogP contribution in [0.3, 0.4) is 0 Å². The smallest absolute Gasteiger partial charge is 0.153 e. The Hall–Kier alpha value is -1.96. The molecule has 228 valence electrons. The van der Waals surface area contributed by atoms with E-state index in [1.807, 2.05) is 6.92 Å². The van der Waals surface area contributed by atoms with Gasteiger partial charge in [-0.05, 0) is 99.8 Å². The highest BCUT2D eigenvalue weighted by molar-refractivity contribution is 5.92. The number of aliphatic hydroxyl groups excluding tert-OH is 1. The second-order valence-corrected chi connectivity index (χ2v) is 16.7. The Balaban J connectivity index is 1.19. The number of aliphatic hydroxyl groups is 2. The van der Waals surface area contributed by atoms with Crippen molar-refractivity contribution in [3.05, 3.63) is 58.8 Å². The summed E-state index contributed by atoms with van der Waals surface area (Å²) in [6, 6.07) is 4.63. The maximum atomic E-state index is 13.2. The van der Waals surface area contributed by atoms with Crippen LogP contribution in [0.5, 0.6) is 0 Å². The largest absolute Gasteiger partial charge is 0.387 e. The number of nitrogens with one attached hydrogen (secondary N) is 1. The lowest BCUT2D eigenvalue weighted by Crippen LogP contribution is -2.76. The summed E-state index contributed by atoms with van der Waals surface area (Å²) in [5, 5.41) is 26.0. The van der Waals surface area contributed by atoms with E-state index in [1.54, 1.807) is 5.56 Å². The molecule has 5 fully saturated rings. The SMILES string of the molecule is C=C1Cc2ccc3[nH]c4c5c3c2[C@H]2[C@@H]1C[C@@H]2C(C)(C)O[C@H]5C1CC[C@]2(O)[C@](C)(CCC3O[C@H](C(=C)C)[C@H](O)[C@@H]5O[C@@]352)[C@@]41C. The summed E-state index contributed by atoms with van der Waals surface area (Å²) in [4.78, 5) is 4.00. The first-order valence-corrected chi connectivity index (χ1v) is 16.7. The predicted molar refractivity (Wildman–Crippen MR) is 163 cm³/mol. The van der Waals surface area contributed by atoms with Gasteiger partial charge in [0.05, 0.1) is 17.8 Å². The van der Waals surface area contributed by atoms with Crippen molar-refractivity contribution >= 4 is 10.9 Å². The minimum absolute atomic E-state index is 0.0334. The van der Waals surface area contributed by atoms with Gasteiger partial charge in [0, 0.05) is 38.9 Å². The molecule has 6 nitrogen and oxygen atoms in total. The molecule has 6 heteroatoms. The molecule has 2 aromatic rings. The number of aromatic amines is 1. The first kappa shape index (κ1) is 26.3. The quantitative estimate of drug-likeness (QED) is 0.287. The molecule has 0 radical (unpaired) electrons. The van der Waals surface area contributed by atoms with Crippen LogP contribution in [-0.4, -0.2) is 56.4 Å². The summed E-state index contributed by atoms with van der Waals surface area (Å²) in [7, 11) is 0. The summed E-state index contributed by atoms with van der Waals surface area (Å²) < 4.78 is 20.5. The number of aromatic nitrogens is 1. The van der Waals surface area contributed by atoms with Crippen molar-refractivity contribution in [2.45, 2.75) is 132 Å². The van der Waals surface area contributed by atoms with Crippen LogP contribution in [0.4, 0.5) is 0 Å². The third-order valence-electron chi connectivity index (χ3n) is 15.0. The molecule has 5 aliphatic carbocycles. The van der Waals surface area contributed by atoms with Gasteiger partial charge in [-0.3, -0.25) is 0 Å². The molecular formula is C37H45NO5. The van der Waals surface area contributed by atoms with Gasteiger partial charge in [-0.25, -0.2) is 0 Å². The summed E-state index contributed by atoms with van der Waals surface area (Å²) in [5.41, 5.74) is 5.78. The molecule has 3 aliphatic heterocycles. The molecule has 10 rings (SSSR count). The first-order valence-electron chi connectivity index (χ1n) is 16.7. The summed E-state index contributed by atoms with van der Waals surface area (Å²) in [5.74, 6) is 1.68. The van der Waals surface area contributed by atoms with Crippen molar-refractivity contribution in [3.8, 4) is 0 Å². The van der Waals surface area contributed by atoms with E-state index in [-0.39, 0.29) is 29.1 Å². The number of rotatable bonds is 1. The number of benzene rings is 1. The molecule has 4 heterocycles. The van der Waals surface area contributed by atoms with E-state index in [9.17, 15) is 10.2 Å². The second-order valence-electron chi connectivity index (χ2n) is 16.7. The summed E-state index contributed by atoms with van der Waals surface area (Å²) in [6.07, 6.45) is 3.15. The zero-order chi connectivity index (χ0) is 29.8. The van der Waals surface area contributed by atoms with Gasteiger partial charge in [-0.2, -0.15) is 0 Å². The Morgan fingerprint density at radius 2 is 1.84 bits per heavy atom. The Morgan fingerprint density at radius 3 is 2.60 bits per heavy atom. The molecule has 0 amide bonds. The number of epoxide rings is 1. The van der Waals surface area contributed by atoms with Gasteiger partial charge in [-0.1, -0.05) is 38.6 Å². The van der Waals surface area contributed by atoms with E-state index in [1.165, 1.54) is 33.3 Å². The molecule has 1 spiro atoms. The fraction of sp³-hybridized carbons (Fsp3) is 0.676. The maximum absolute atomic E-state index is 13.2. The van der Waals surface area contributed by atoms with Crippen LogP contribution in [0.15, 0.2) is 36.4 Å². The van der Waals surface area contributed by atoms with Gasteiger partial charge in [0.25, 0.3) is 0 Å². The maximum Gasteiger partial charge on any atom is 0.153 e. The van der Waals surface area contributed by atoms with E-state index in [0.717, 1.165) is 37.7 Å². The molecule has 0 bridgehead atoms. The molecule has 2 unspecified atom stereocenters. The molecule has 3 saturated carbocycles. The fourth-order valence-corrected chi connectivity index (χ4v) is 12.7. The van der Waals surface area contributed by atoms with E-state index < -0.39 is 34.9 Å². The highest BCUT2D eigenvalue weighted by Crippen LogP contribution is 2.77. The highest BCUT2D eigenvalue weighted by Gasteiger charge is 2.86. The Labute approximate surface area is 253 Å². The Kier molecular flexibility index (Phi) is 4.50. The van der Waals surface area contributed by atoms with E-state index in [2.05, 4.69) is 58.0 Å². The average Bonchev–Trinajstić information content (AvgIpc) is 3.51. The van der Waals surface area contributed by atoms with Crippen molar-refractivity contribution in [1.29, 1.82) is 0 Å². The van der Waals surface area contributed by atoms with Gasteiger partial charge >= 0.3 is 0 Å². The zero-order valence-electron chi connectivity index (χ0n) is 26.1. The number of hydrogen-bond donors (Lipinski definition) is 3. The standard InChI is InChI=1S/C37H45NO5/c1-16(2)29-28(39)32-37(43-32)23(41-29)11-12-34(6)35(7)20(10-13-36(34,37)40)30-27-26-22(38-31(27)35)9-8-18-14-17(3)19-15-21(25(19)24(18)26)33(4,5)42-30/h8-9,19-21,23,25,28-30,32,38-40H,1,3,10-15H2,2,4-7H3/t19-,20?,21+,23?,25+,28+,29-,30+,32+,34-,35-,36+,37+/m1/s1. The monoisotopic (exact) mass is 583 g/mol. The molecule has 3 N–H and O–H groups in total. The molecule has 43 heavy (non-hydrogen) atoms. The fourth-order valence-electron chi connectivity index (χ4n) is 12.7. The van der Waals surface area contributed by atoms with Crippen LogP contribution in [0.1, 0.15) is 101 Å². The molecule has 8 aliphatic rings. The Morgan fingerprint density at radius 1 is 1.05 bits per heavy atom. The van der Waals surface area contributed by atoms with Crippen LogP contribution < -0.4 is 0 Å². The molecule has 1 aromatic carbocycles. The highest BCUT2D eigenvalue weighted by atomic mass is 16.7. The van der Waals surface area contributed by atoms with Crippen molar-refractivity contribution in [2.24, 2.45) is 23.2 Å². The number of allylic oxidation sites excluding steroid dienone is 1. The number of H-pyrrole nitrogens is 1. The zero-order valence-corrected chi connectivity index (χ0v) is 26.1. The molecule has 2 saturated heterocycles. The minimum atomic E-state index is -1.15. The normalized spacial score (nSPS) is 52.6. The number of fused-ring (bicyclic) bond motifs is 5. The first-order chi connectivity index (χ1) is 20.3. The van der Waals surface area contributed by atoms with Crippen molar-refractivity contribution in [3.63, 3.8) is 0 Å². The van der Waals surface area contributed by atoms with Crippen LogP contribution in [0.25, 0.3) is 10.9 Å². The molecule has 1 aromatic heterocycles. The van der Waals surface area contributed by atoms with Crippen molar-refractivity contribution in [2.75, 3.05) is 0 Å². The van der Waals surface area contributed by atoms with Gasteiger partial charge in [0.2, 0.25) is 0 Å². The van der Waals surface area contributed by atoms with Gasteiger partial charge in [0.15, 0.2) is 5.60 Å². The van der Waals surface area contributed by atoms with Gasteiger partial charge in [-0.15, -0.1) is 0 Å². The second kappa shape index (κ2) is 7.36. The Bertz CT molecular complexity index is 1690. The van der Waals surface area contributed by atoms with Crippen LogP contribution in [0.2, 0.25) is 0 Å². The third kappa shape index (κ3) is 2.51. The number of ether oxygens (including phenoxy) is 3. The van der Waals surface area contributed by atoms with E-state index >= 15 is 0 Å². The van der Waals surface area contributed by atoms with Gasteiger partial charge in [0.1, 0.15) is 23.9 Å². The summed E-state index contributed by atoms with van der Waals surface area (Å²) >= 11 is 0. The van der Waals surface area contributed by atoms with Crippen LogP contribution in [0, 0.1) is 23.2 Å². The van der Waals surface area contributed by atoms with Crippen molar-refractivity contribution in [1.82, 2.24) is 4.98 Å². The topological polar surface area (TPSA) is 87.2 Å². The van der Waals surface area contributed by atoms with Gasteiger partial charge < -0.3 is 29.4 Å². The average molecular weight is 584 g/mol. The summed E-state index contributed by atoms with van der Waals surface area (Å²) in [6.45, 7) is 19.9.